The van der Waals surface area contributed by atoms with Crippen LogP contribution in [0.3, 0.4) is 0 Å². The number of nitrogens with zero attached hydrogens (tertiary/aromatic N) is 1. The highest BCUT2D eigenvalue weighted by Crippen LogP contribution is 2.41. The van der Waals surface area contributed by atoms with Gasteiger partial charge in [-0.25, -0.2) is 0 Å². The van der Waals surface area contributed by atoms with Gasteiger partial charge in [0, 0.05) is 17.7 Å². The number of hydrogen-bond donors (Lipinski definition) is 1. The average Bonchev–Trinajstić information content (AvgIpc) is 3.24. The maximum absolute atomic E-state index is 14.2. The molecule has 73 heavy (non-hydrogen) atoms. The Balaban J connectivity index is 0.000000520. The molecule has 0 aliphatic rings. The fourth-order valence-corrected chi connectivity index (χ4v) is 7.69. The summed E-state index contributed by atoms with van der Waals surface area (Å²) >= 11 is 0. The molecule has 3 nitrogen and oxygen atoms in total. The molecule has 0 aliphatic heterocycles. The second-order valence-electron chi connectivity index (χ2n) is 15.8. The number of carbonyl (C=O) groups excluding carboxylic acids is 1. The number of rotatable bonds is 7. The summed E-state index contributed by atoms with van der Waals surface area (Å²) < 4.78 is 343. The summed E-state index contributed by atoms with van der Waals surface area (Å²) in [6.45, 7) is 0.653. The number of pyridine rings is 1. The van der Waals surface area contributed by atoms with Gasteiger partial charge >= 0.3 is 55.3 Å². The lowest BCUT2D eigenvalue weighted by atomic mass is 9.12. The maximum Gasteiger partial charge on any atom is 0.416 e. The van der Waals surface area contributed by atoms with Crippen molar-refractivity contribution in [3.8, 4) is 0 Å². The molecule has 392 valence electrons. The van der Waals surface area contributed by atoms with Crippen molar-refractivity contribution in [1.29, 1.82) is 0 Å². The zero-order valence-electron chi connectivity index (χ0n) is 35.4. The Morgan fingerprint density at radius 1 is 0.356 bits per heavy atom. The minimum Gasteiger partial charge on any atom is -0.360 e. The summed E-state index contributed by atoms with van der Waals surface area (Å²) in [6, 6.07) is 6.56. The van der Waals surface area contributed by atoms with E-state index in [2.05, 4.69) is 0 Å². The van der Waals surface area contributed by atoms with Crippen molar-refractivity contribution in [2.24, 2.45) is 5.73 Å². The third-order valence-corrected chi connectivity index (χ3v) is 10.8. The Labute approximate surface area is 393 Å². The number of hydrogen-bond acceptors (Lipinski definition) is 1. The lowest BCUT2D eigenvalue weighted by molar-refractivity contribution is -0.690. The van der Waals surface area contributed by atoms with Crippen LogP contribution in [0.1, 0.15) is 60.6 Å². The molecule has 0 aliphatic carbocycles. The Bertz CT molecular complexity index is 2520. The number of alkyl halides is 24. The molecule has 2 N–H and O–H groups in total. The first-order chi connectivity index (χ1) is 33.0. The number of carbonyl (C=O) groups is 1. The van der Waals surface area contributed by atoms with Crippen LogP contribution in [-0.2, 0) is 56.0 Å². The van der Waals surface area contributed by atoms with Crippen molar-refractivity contribution in [2.75, 3.05) is 0 Å². The summed E-state index contributed by atoms with van der Waals surface area (Å²) in [7, 11) is 0. The van der Waals surface area contributed by atoms with Crippen LogP contribution in [0.5, 0.6) is 0 Å². The molecule has 1 aromatic heterocycles. The van der Waals surface area contributed by atoms with E-state index in [1.165, 1.54) is 0 Å². The van der Waals surface area contributed by atoms with E-state index in [4.69, 9.17) is 5.73 Å². The normalized spacial score (nSPS) is 13.4. The molecular formula is C45H25BF24N2O. The Morgan fingerprint density at radius 2 is 0.589 bits per heavy atom. The van der Waals surface area contributed by atoms with Crippen molar-refractivity contribution in [3.63, 3.8) is 0 Å². The van der Waals surface area contributed by atoms with Crippen molar-refractivity contribution in [1.82, 2.24) is 0 Å². The molecule has 0 spiro atoms. The highest BCUT2D eigenvalue weighted by molar-refractivity contribution is 7.20. The fourth-order valence-electron chi connectivity index (χ4n) is 7.69. The smallest absolute Gasteiger partial charge is 0.360 e. The second kappa shape index (κ2) is 19.5. The topological polar surface area (TPSA) is 47.0 Å². The van der Waals surface area contributed by atoms with Gasteiger partial charge in [0.05, 0.1) is 44.5 Å². The van der Waals surface area contributed by atoms with Gasteiger partial charge in [0.15, 0.2) is 12.7 Å². The van der Waals surface area contributed by atoms with E-state index in [1.54, 1.807) is 6.07 Å². The molecule has 28 heteroatoms. The van der Waals surface area contributed by atoms with Crippen molar-refractivity contribution >= 4 is 33.9 Å². The van der Waals surface area contributed by atoms with Crippen LogP contribution in [0.15, 0.2) is 128 Å². The van der Waals surface area contributed by atoms with Gasteiger partial charge in [-0.3, -0.25) is 4.79 Å². The Hall–Kier alpha value is -6.90. The number of amides is 1. The largest absolute Gasteiger partial charge is 0.416 e. The number of benzene rings is 5. The van der Waals surface area contributed by atoms with E-state index in [0.29, 0.717) is 12.2 Å². The van der Waals surface area contributed by atoms with Crippen LogP contribution < -0.4 is 32.2 Å². The van der Waals surface area contributed by atoms with Crippen molar-refractivity contribution < 1.29 is 115 Å². The van der Waals surface area contributed by atoms with Crippen molar-refractivity contribution in [3.05, 3.63) is 183 Å². The highest BCUT2D eigenvalue weighted by atomic mass is 19.4. The van der Waals surface area contributed by atoms with Gasteiger partial charge in [-0.15, -0.1) is 0 Å². The summed E-state index contributed by atoms with van der Waals surface area (Å²) in [5, 5.41) is 0. The minimum absolute atomic E-state index is 0.406. The van der Waals surface area contributed by atoms with Gasteiger partial charge < -0.3 is 5.73 Å². The zero-order valence-corrected chi connectivity index (χ0v) is 35.4. The summed E-state index contributed by atoms with van der Waals surface area (Å²) in [4.78, 5) is 11.2. The highest BCUT2D eigenvalue weighted by Gasteiger charge is 2.47. The van der Waals surface area contributed by atoms with Crippen molar-refractivity contribution in [2.45, 2.75) is 56.0 Å². The number of aromatic nitrogens is 1. The van der Waals surface area contributed by atoms with Gasteiger partial charge in [-0.2, -0.15) is 132 Å². The van der Waals surface area contributed by atoms with Gasteiger partial charge in [-0.1, -0.05) is 78.9 Å². The Morgan fingerprint density at radius 3 is 0.808 bits per heavy atom. The van der Waals surface area contributed by atoms with Gasteiger partial charge in [0.2, 0.25) is 0 Å². The average molecular weight is 1080 g/mol. The number of primary amides is 1. The standard InChI is InChI=1S/C32H12BF24.C13H12N2O/c34-25(35,36)13-1-14(26(37,38)39)6-21(5-13)33(22-7-15(27(40,41)42)2-16(8-22)28(43,44)45,23-9-17(29(46,47)48)3-18(10-23)30(49,50)51)24-11-19(31(52,53)54)4-20(12-24)32(55,56)57;14-13(16)12-8-4-5-9-15(12)10-11-6-2-1-3-7-11/h1-12H;1-9H,10H2,(H-,14,16)/q-1;/p+1. The molecule has 6 rings (SSSR count). The minimum atomic E-state index is -6.13. The number of nitrogens with two attached hydrogens (primary N) is 1. The first-order valence-electron chi connectivity index (χ1n) is 19.7. The molecule has 1 amide bonds. The zero-order chi connectivity index (χ0) is 55.3. The third kappa shape index (κ3) is 13.2. The van der Waals surface area contributed by atoms with Gasteiger partial charge in [-0.05, 0) is 30.3 Å². The lowest BCUT2D eigenvalue weighted by Crippen LogP contribution is -2.75. The van der Waals surface area contributed by atoms with E-state index in [9.17, 15) is 110 Å². The molecule has 1 heterocycles. The molecule has 0 saturated carbocycles. The summed E-state index contributed by atoms with van der Waals surface area (Å²) in [5.41, 5.74) is -23.2. The van der Waals surface area contributed by atoms with Crippen LogP contribution in [0, 0.1) is 0 Å². The molecule has 0 unspecified atom stereocenters. The van der Waals surface area contributed by atoms with Crippen LogP contribution in [0.4, 0.5) is 105 Å². The molecule has 6 aromatic rings. The monoisotopic (exact) mass is 1080 g/mol. The fraction of sp³-hybridized carbons (Fsp3) is 0.200. The Kier molecular flexibility index (Phi) is 15.2. The third-order valence-electron chi connectivity index (χ3n) is 10.8. The summed E-state index contributed by atoms with van der Waals surface area (Å²) in [5.74, 6) is -0.406. The second-order valence-corrected chi connectivity index (χ2v) is 15.8. The molecule has 0 radical (unpaired) electrons. The van der Waals surface area contributed by atoms with Crippen LogP contribution >= 0.6 is 0 Å². The van der Waals surface area contributed by atoms with E-state index >= 15 is 0 Å². The molecule has 0 bridgehead atoms. The molecule has 5 aromatic carbocycles. The maximum atomic E-state index is 14.2. The van der Waals surface area contributed by atoms with Gasteiger partial charge in [0.25, 0.3) is 5.69 Å². The summed E-state index contributed by atoms with van der Waals surface area (Å²) in [6.07, 6.45) is -53.0. The van der Waals surface area contributed by atoms with Crippen LogP contribution in [0.2, 0.25) is 0 Å². The predicted octanol–water partition coefficient (Wildman–Crippen LogP) is 12.3. The molecule has 0 atom stereocenters. The molecule has 0 saturated heterocycles. The van der Waals surface area contributed by atoms with Gasteiger partial charge in [0.1, 0.15) is 6.15 Å². The first-order valence-corrected chi connectivity index (χ1v) is 19.7. The van der Waals surface area contributed by atoms with E-state index < -0.39 is 201 Å². The van der Waals surface area contributed by atoms with E-state index in [-0.39, 0.29) is 0 Å². The predicted molar refractivity (Wildman–Crippen MR) is 211 cm³/mol. The lowest BCUT2D eigenvalue weighted by Gasteiger charge is -2.46. The van der Waals surface area contributed by atoms with E-state index in [1.807, 2.05) is 53.2 Å². The van der Waals surface area contributed by atoms with Crippen LogP contribution in [-0.4, -0.2) is 12.1 Å². The number of halogens is 24. The first kappa shape index (κ1) is 57.0. The molecular weight excluding hydrogens is 1050 g/mol. The quantitative estimate of drug-likeness (QED) is 0.0967. The molecule has 0 fully saturated rings. The van der Waals surface area contributed by atoms with E-state index in [0.717, 1.165) is 5.56 Å². The van der Waals surface area contributed by atoms with Crippen LogP contribution in [0.25, 0.3) is 0 Å². The SMILES string of the molecule is FC(F)(F)c1cc([B-](c2cc(C(F)(F)F)cc(C(F)(F)F)c2)(c2cc(C(F)(F)F)cc(C(F)(F)F)c2)c2cc(C(F)(F)F)cc(C(F)(F)F)c2)cc(C(F)(F)F)c1.NC(=O)c1cccc[n+]1Cc1ccccc1.